The van der Waals surface area contributed by atoms with Crippen LogP contribution in [0.4, 0.5) is 5.13 Å². The fourth-order valence-electron chi connectivity index (χ4n) is 1.28. The summed E-state index contributed by atoms with van der Waals surface area (Å²) in [5, 5.41) is 11.7. The van der Waals surface area contributed by atoms with Crippen LogP contribution >= 0.6 is 11.3 Å². The highest BCUT2D eigenvalue weighted by molar-refractivity contribution is 7.22. The zero-order valence-corrected chi connectivity index (χ0v) is 8.77. The molecule has 1 heterocycles. The first-order valence-corrected chi connectivity index (χ1v) is 5.05. The second-order valence-corrected chi connectivity index (χ2v) is 4.19. The molecule has 1 aromatic carbocycles. The average molecular weight is 203 g/mol. The maximum atomic E-state index is 8.46. The Morgan fingerprint density at radius 1 is 1.36 bits per heavy atom. The van der Waals surface area contributed by atoms with E-state index in [0.29, 0.717) is 5.13 Å². The smallest absolute Gasteiger partial charge is 0.197 e. The molecule has 0 fully saturated rings. The molecule has 0 bridgehead atoms. The maximum Gasteiger partial charge on any atom is 0.197 e. The van der Waals surface area contributed by atoms with E-state index in [-0.39, 0.29) is 0 Å². The first-order chi connectivity index (χ1) is 6.70. The molecule has 0 atom stereocenters. The number of aryl methyl sites for hydroxylation is 2. The Labute approximate surface area is 86.0 Å². The van der Waals surface area contributed by atoms with E-state index in [0.717, 1.165) is 10.2 Å². The van der Waals surface area contributed by atoms with Gasteiger partial charge in [-0.1, -0.05) is 11.3 Å². The van der Waals surface area contributed by atoms with Gasteiger partial charge in [0.15, 0.2) is 11.3 Å². The van der Waals surface area contributed by atoms with Crippen LogP contribution in [-0.4, -0.2) is 4.98 Å². The van der Waals surface area contributed by atoms with Crippen LogP contribution in [0, 0.1) is 25.3 Å². The van der Waals surface area contributed by atoms with Gasteiger partial charge < -0.3 is 0 Å². The number of aromatic nitrogens is 1. The van der Waals surface area contributed by atoms with Crippen molar-refractivity contribution in [2.45, 2.75) is 13.8 Å². The lowest BCUT2D eigenvalue weighted by Crippen LogP contribution is -1.84. The number of nitrogens with zero attached hydrogens (tertiary/aromatic N) is 2. The van der Waals surface area contributed by atoms with Crippen LogP contribution in [0.2, 0.25) is 0 Å². The number of anilines is 1. The van der Waals surface area contributed by atoms with Gasteiger partial charge in [0.05, 0.1) is 10.2 Å². The molecule has 1 N–H and O–H groups in total. The van der Waals surface area contributed by atoms with Gasteiger partial charge in [0.1, 0.15) is 0 Å². The molecule has 0 saturated carbocycles. The fourth-order valence-corrected chi connectivity index (χ4v) is 2.18. The Bertz CT molecular complexity index is 483. The van der Waals surface area contributed by atoms with Gasteiger partial charge in [0.25, 0.3) is 0 Å². The number of thiazole rings is 1. The van der Waals surface area contributed by atoms with Crippen LogP contribution in [-0.2, 0) is 0 Å². The molecular weight excluding hydrogens is 194 g/mol. The van der Waals surface area contributed by atoms with E-state index in [9.17, 15) is 0 Å². The van der Waals surface area contributed by atoms with Gasteiger partial charge in [-0.2, -0.15) is 5.26 Å². The lowest BCUT2D eigenvalue weighted by atomic mass is 10.1. The Balaban J connectivity index is 2.61. The molecule has 3 nitrogen and oxygen atoms in total. The van der Waals surface area contributed by atoms with Crippen LogP contribution in [0.5, 0.6) is 0 Å². The van der Waals surface area contributed by atoms with Gasteiger partial charge in [-0.15, -0.1) is 0 Å². The molecule has 0 amide bonds. The molecule has 0 aliphatic rings. The summed E-state index contributed by atoms with van der Waals surface area (Å²) in [5.41, 5.74) is 3.44. The van der Waals surface area contributed by atoms with Crippen molar-refractivity contribution >= 4 is 26.7 Å². The minimum absolute atomic E-state index is 0.660. The second-order valence-electron chi connectivity index (χ2n) is 3.16. The van der Waals surface area contributed by atoms with Crippen LogP contribution in [0.1, 0.15) is 11.1 Å². The van der Waals surface area contributed by atoms with Crippen molar-refractivity contribution in [3.8, 4) is 6.19 Å². The predicted octanol–water partition coefficient (Wildman–Crippen LogP) is 2.81. The van der Waals surface area contributed by atoms with Gasteiger partial charge in [-0.05, 0) is 37.1 Å². The van der Waals surface area contributed by atoms with Crippen molar-refractivity contribution in [3.05, 3.63) is 23.3 Å². The van der Waals surface area contributed by atoms with Crippen LogP contribution in [0.3, 0.4) is 0 Å². The molecule has 2 rings (SSSR count). The Morgan fingerprint density at radius 3 is 2.79 bits per heavy atom. The SMILES string of the molecule is Cc1cc2nc(NC#N)sc2cc1C. The number of hydrogen-bond donors (Lipinski definition) is 1. The van der Waals surface area contributed by atoms with E-state index in [1.165, 1.54) is 22.5 Å². The highest BCUT2D eigenvalue weighted by Crippen LogP contribution is 2.27. The number of nitrogens with one attached hydrogen (secondary N) is 1. The quantitative estimate of drug-likeness (QED) is 0.572. The molecule has 0 saturated heterocycles. The molecule has 2 aromatic rings. The minimum Gasteiger partial charge on any atom is -0.268 e. The summed E-state index contributed by atoms with van der Waals surface area (Å²) in [7, 11) is 0. The van der Waals surface area contributed by atoms with Gasteiger partial charge in [0.2, 0.25) is 0 Å². The van der Waals surface area contributed by atoms with Crippen molar-refractivity contribution in [3.63, 3.8) is 0 Å². The van der Waals surface area contributed by atoms with Gasteiger partial charge >= 0.3 is 0 Å². The fraction of sp³-hybridized carbons (Fsp3) is 0.200. The van der Waals surface area contributed by atoms with Gasteiger partial charge in [-0.25, -0.2) is 4.98 Å². The average Bonchev–Trinajstić information content (AvgIpc) is 2.48. The lowest BCUT2D eigenvalue weighted by Gasteiger charge is -1.96. The van der Waals surface area contributed by atoms with Gasteiger partial charge in [-0.3, -0.25) is 5.32 Å². The van der Waals surface area contributed by atoms with Crippen LogP contribution in [0.15, 0.2) is 12.1 Å². The highest BCUT2D eigenvalue weighted by atomic mass is 32.1. The number of benzene rings is 1. The van der Waals surface area contributed by atoms with Crippen molar-refractivity contribution in [2.24, 2.45) is 0 Å². The van der Waals surface area contributed by atoms with Crippen molar-refractivity contribution in [1.29, 1.82) is 5.26 Å². The Hall–Kier alpha value is -1.60. The maximum absolute atomic E-state index is 8.46. The molecule has 1 aromatic heterocycles. The third kappa shape index (κ3) is 1.42. The zero-order chi connectivity index (χ0) is 10.1. The topological polar surface area (TPSA) is 48.7 Å². The van der Waals surface area contributed by atoms with E-state index >= 15 is 0 Å². The largest absolute Gasteiger partial charge is 0.268 e. The first-order valence-electron chi connectivity index (χ1n) is 4.23. The third-order valence-electron chi connectivity index (χ3n) is 2.17. The van der Waals surface area contributed by atoms with Gasteiger partial charge in [0, 0.05) is 0 Å². The van der Waals surface area contributed by atoms with Crippen molar-refractivity contribution in [2.75, 3.05) is 5.32 Å². The van der Waals surface area contributed by atoms with Crippen LogP contribution in [0.25, 0.3) is 10.2 Å². The van der Waals surface area contributed by atoms with Crippen molar-refractivity contribution in [1.82, 2.24) is 4.98 Å². The number of rotatable bonds is 1. The monoisotopic (exact) mass is 203 g/mol. The molecule has 0 spiro atoms. The summed E-state index contributed by atoms with van der Waals surface area (Å²) >= 11 is 1.50. The number of hydrogen-bond acceptors (Lipinski definition) is 4. The predicted molar refractivity (Wildman–Crippen MR) is 58.3 cm³/mol. The summed E-state index contributed by atoms with van der Waals surface area (Å²) in [6.07, 6.45) is 1.87. The molecule has 0 radical (unpaired) electrons. The molecule has 14 heavy (non-hydrogen) atoms. The minimum atomic E-state index is 0.660. The van der Waals surface area contributed by atoms with E-state index < -0.39 is 0 Å². The molecule has 0 unspecified atom stereocenters. The normalized spacial score (nSPS) is 10.1. The molecule has 70 valence electrons. The molecule has 4 heteroatoms. The summed E-state index contributed by atoms with van der Waals surface area (Å²) in [5.74, 6) is 0. The standard InChI is InChI=1S/C10H9N3S/c1-6-3-8-9(4-7(6)2)14-10(13-8)12-5-11/h3-4H,1-2H3,(H,12,13). The second kappa shape index (κ2) is 3.28. The van der Waals surface area contributed by atoms with E-state index in [1.807, 2.05) is 12.3 Å². The molecule has 0 aliphatic carbocycles. The molecular formula is C10H9N3S. The molecule has 0 aliphatic heterocycles. The first kappa shape index (κ1) is 8.97. The highest BCUT2D eigenvalue weighted by Gasteiger charge is 2.04. The number of nitriles is 1. The third-order valence-corrected chi connectivity index (χ3v) is 3.10. The summed E-state index contributed by atoms with van der Waals surface area (Å²) in [4.78, 5) is 4.29. The van der Waals surface area contributed by atoms with Crippen molar-refractivity contribution < 1.29 is 0 Å². The summed E-state index contributed by atoms with van der Waals surface area (Å²) in [6, 6.07) is 4.15. The lowest BCUT2D eigenvalue weighted by molar-refractivity contribution is 1.35. The summed E-state index contributed by atoms with van der Waals surface area (Å²) < 4.78 is 1.12. The Morgan fingerprint density at radius 2 is 2.07 bits per heavy atom. The number of fused-ring (bicyclic) bond motifs is 1. The van der Waals surface area contributed by atoms with E-state index in [2.05, 4.69) is 30.2 Å². The summed E-state index contributed by atoms with van der Waals surface area (Å²) in [6.45, 7) is 4.14. The van der Waals surface area contributed by atoms with E-state index in [1.54, 1.807) is 0 Å². The Kier molecular flexibility index (Phi) is 2.10. The van der Waals surface area contributed by atoms with E-state index in [4.69, 9.17) is 5.26 Å². The van der Waals surface area contributed by atoms with Crippen LogP contribution < -0.4 is 5.32 Å². The zero-order valence-electron chi connectivity index (χ0n) is 7.96.